The van der Waals surface area contributed by atoms with Crippen molar-refractivity contribution in [3.05, 3.63) is 53.8 Å². The van der Waals surface area contributed by atoms with Crippen molar-refractivity contribution >= 4 is 27.6 Å². The van der Waals surface area contributed by atoms with Crippen LogP contribution in [-0.2, 0) is 6.54 Å². The lowest BCUT2D eigenvalue weighted by molar-refractivity contribution is 0.0832. The first kappa shape index (κ1) is 18.8. The van der Waals surface area contributed by atoms with Gasteiger partial charge in [0.1, 0.15) is 11.6 Å². The van der Waals surface area contributed by atoms with Crippen LogP contribution in [0.15, 0.2) is 42.5 Å². The number of carbonyl (C=O) groups excluding carboxylic acids is 1. The lowest BCUT2D eigenvalue weighted by atomic mass is 9.89. The van der Waals surface area contributed by atoms with Crippen LogP contribution in [0.1, 0.15) is 31.2 Å². The van der Waals surface area contributed by atoms with E-state index >= 15 is 0 Å². The number of rotatable bonds is 5. The summed E-state index contributed by atoms with van der Waals surface area (Å²) in [5.74, 6) is 1.75. The van der Waals surface area contributed by atoms with E-state index in [0.29, 0.717) is 39.0 Å². The summed E-state index contributed by atoms with van der Waals surface area (Å²) in [4.78, 5) is 18.5. The SMILES string of the molecule is NC(=O)N1[C@@]23CC(NCc4ccc(Oc5nc6cccc(F)c6s5)cc4)C[C@]14C[C@@H]4C2C3. The van der Waals surface area contributed by atoms with Crippen LogP contribution in [0, 0.1) is 17.7 Å². The summed E-state index contributed by atoms with van der Waals surface area (Å²) >= 11 is 1.21. The number of halogens is 1. The highest BCUT2D eigenvalue weighted by Crippen LogP contribution is 2.79. The van der Waals surface area contributed by atoms with Gasteiger partial charge in [0.05, 0.1) is 21.3 Å². The molecule has 1 aromatic heterocycles. The van der Waals surface area contributed by atoms with Crippen LogP contribution in [-0.4, -0.2) is 33.0 Å². The molecule has 8 heteroatoms. The molecule has 2 aliphatic carbocycles. The van der Waals surface area contributed by atoms with Gasteiger partial charge in [-0.25, -0.2) is 14.2 Å². The molecule has 2 unspecified atom stereocenters. The Bertz CT molecular complexity index is 1240. The number of nitrogens with one attached hydrogen (secondary N) is 1. The van der Waals surface area contributed by atoms with Crippen molar-refractivity contribution < 1.29 is 13.9 Å². The monoisotopic (exact) mass is 450 g/mol. The van der Waals surface area contributed by atoms with Gasteiger partial charge < -0.3 is 20.7 Å². The maximum absolute atomic E-state index is 13.9. The number of amides is 2. The molecule has 0 radical (unpaired) electrons. The highest BCUT2D eigenvalue weighted by atomic mass is 32.1. The topological polar surface area (TPSA) is 80.5 Å². The molecule has 2 saturated carbocycles. The molecule has 6 nitrogen and oxygen atoms in total. The van der Waals surface area contributed by atoms with Gasteiger partial charge in [0.2, 0.25) is 0 Å². The zero-order chi connectivity index (χ0) is 21.7. The Morgan fingerprint density at radius 2 is 1.88 bits per heavy atom. The number of thiazole rings is 1. The number of benzene rings is 2. The number of aromatic nitrogens is 1. The summed E-state index contributed by atoms with van der Waals surface area (Å²) in [7, 11) is 0. The van der Waals surface area contributed by atoms with Gasteiger partial charge in [0.25, 0.3) is 5.19 Å². The first-order valence-electron chi connectivity index (χ1n) is 11.1. The van der Waals surface area contributed by atoms with E-state index in [1.807, 2.05) is 24.3 Å². The summed E-state index contributed by atoms with van der Waals surface area (Å²) in [6.45, 7) is 0.773. The van der Waals surface area contributed by atoms with Crippen LogP contribution in [0.5, 0.6) is 10.9 Å². The highest BCUT2D eigenvalue weighted by Gasteiger charge is 2.85. The molecule has 2 aliphatic heterocycles. The molecule has 7 rings (SSSR count). The standard InChI is InChI=1S/C24H23FN4O2S/c25-18-2-1-3-19-20(18)32-22(28-19)31-15-6-4-13(5-7-15)12-27-14-8-23-10-16(23)17-11-24(17,9-14)29(23)21(26)30/h1-7,14,16-17,27H,8-12H2,(H2,26,30)/t14?,16-,17?,23-,24-/m1/s1. The maximum Gasteiger partial charge on any atom is 0.315 e. The third kappa shape index (κ3) is 2.53. The fourth-order valence-corrected chi connectivity index (χ4v) is 7.61. The minimum absolute atomic E-state index is 0.0408. The molecule has 5 atom stereocenters. The van der Waals surface area contributed by atoms with Crippen LogP contribution in [0.4, 0.5) is 9.18 Å². The average molecular weight is 451 g/mol. The zero-order valence-electron chi connectivity index (χ0n) is 17.4. The van der Waals surface area contributed by atoms with Gasteiger partial charge in [0.15, 0.2) is 0 Å². The summed E-state index contributed by atoms with van der Waals surface area (Å²) in [5, 5.41) is 4.16. The second-order valence-electron chi connectivity index (χ2n) is 9.80. The molecule has 4 fully saturated rings. The molecule has 2 spiro atoms. The Morgan fingerprint density at radius 1 is 1.16 bits per heavy atom. The first-order chi connectivity index (χ1) is 15.5. The number of primary amides is 1. The molecule has 32 heavy (non-hydrogen) atoms. The summed E-state index contributed by atoms with van der Waals surface area (Å²) in [6.07, 6.45) is 4.27. The molecule has 2 bridgehead atoms. The Kier molecular flexibility index (Phi) is 3.65. The van der Waals surface area contributed by atoms with Crippen molar-refractivity contribution in [3.63, 3.8) is 0 Å². The number of nitrogens with zero attached hydrogens (tertiary/aromatic N) is 2. The van der Waals surface area contributed by atoms with Crippen LogP contribution >= 0.6 is 11.3 Å². The Hall–Kier alpha value is -2.71. The Morgan fingerprint density at radius 3 is 2.53 bits per heavy atom. The van der Waals surface area contributed by atoms with Gasteiger partial charge in [0, 0.05) is 12.6 Å². The normalized spacial score (nSPS) is 33.7. The van der Waals surface area contributed by atoms with Crippen molar-refractivity contribution in [2.75, 3.05) is 0 Å². The number of urea groups is 1. The molecule has 3 aromatic rings. The number of ether oxygens (including phenoxy) is 1. The van der Waals surface area contributed by atoms with Gasteiger partial charge in [-0.3, -0.25) is 0 Å². The third-order valence-corrected chi connectivity index (χ3v) is 9.03. The minimum atomic E-state index is -0.277. The van der Waals surface area contributed by atoms with Crippen molar-refractivity contribution in [1.82, 2.24) is 15.2 Å². The van der Waals surface area contributed by atoms with Gasteiger partial charge in [-0.2, -0.15) is 0 Å². The molecule has 2 amide bonds. The number of carbonyl (C=O) groups is 1. The zero-order valence-corrected chi connectivity index (χ0v) is 18.2. The second kappa shape index (κ2) is 6.20. The van der Waals surface area contributed by atoms with Crippen LogP contribution in [0.25, 0.3) is 10.2 Å². The van der Waals surface area contributed by atoms with Gasteiger partial charge in [-0.15, -0.1) is 0 Å². The lowest BCUT2D eigenvalue weighted by Gasteiger charge is -2.44. The van der Waals surface area contributed by atoms with Crippen LogP contribution in [0.3, 0.4) is 0 Å². The van der Waals surface area contributed by atoms with E-state index in [4.69, 9.17) is 10.5 Å². The van der Waals surface area contributed by atoms with Crippen molar-refractivity contribution in [3.8, 4) is 10.9 Å². The predicted molar refractivity (Wildman–Crippen MR) is 119 cm³/mol. The van der Waals surface area contributed by atoms with E-state index < -0.39 is 0 Å². The highest BCUT2D eigenvalue weighted by molar-refractivity contribution is 7.20. The third-order valence-electron chi connectivity index (χ3n) is 8.07. The van der Waals surface area contributed by atoms with Gasteiger partial charge in [-0.1, -0.05) is 29.5 Å². The van der Waals surface area contributed by atoms with Crippen molar-refractivity contribution in [2.24, 2.45) is 17.6 Å². The smallest absolute Gasteiger partial charge is 0.315 e. The van der Waals surface area contributed by atoms with E-state index in [0.717, 1.165) is 32.2 Å². The molecule has 164 valence electrons. The number of piperidine rings is 3. The molecular formula is C24H23FN4O2S. The van der Waals surface area contributed by atoms with E-state index in [1.165, 1.54) is 23.0 Å². The van der Waals surface area contributed by atoms with E-state index in [1.54, 1.807) is 12.1 Å². The first-order valence-corrected chi connectivity index (χ1v) is 12.0. The van der Waals surface area contributed by atoms with E-state index in [-0.39, 0.29) is 22.9 Å². The van der Waals surface area contributed by atoms with Crippen molar-refractivity contribution in [1.29, 1.82) is 0 Å². The molecule has 3 N–H and O–H groups in total. The quantitative estimate of drug-likeness (QED) is 0.604. The summed E-state index contributed by atoms with van der Waals surface area (Å²) in [6, 6.07) is 13.0. The Labute approximate surface area is 188 Å². The maximum atomic E-state index is 13.9. The number of fused-ring (bicyclic) bond motifs is 2. The number of nitrogens with two attached hydrogens (primary N) is 1. The number of hydrogen-bond acceptors (Lipinski definition) is 5. The van der Waals surface area contributed by atoms with Crippen molar-refractivity contribution in [2.45, 2.75) is 49.3 Å². The molecular weight excluding hydrogens is 427 g/mol. The lowest BCUT2D eigenvalue weighted by Crippen LogP contribution is -2.59. The van der Waals surface area contributed by atoms with Gasteiger partial charge in [-0.05, 0) is 67.3 Å². The summed E-state index contributed by atoms with van der Waals surface area (Å²) in [5.41, 5.74) is 7.62. The largest absolute Gasteiger partial charge is 0.431 e. The molecule has 4 aliphatic rings. The van der Waals surface area contributed by atoms with E-state index in [2.05, 4.69) is 15.2 Å². The van der Waals surface area contributed by atoms with Crippen LogP contribution < -0.4 is 15.8 Å². The van der Waals surface area contributed by atoms with E-state index in [9.17, 15) is 9.18 Å². The molecule has 3 heterocycles. The second-order valence-corrected chi connectivity index (χ2v) is 10.8. The number of hydrogen-bond donors (Lipinski definition) is 2. The Balaban J connectivity index is 1.01. The van der Waals surface area contributed by atoms with Gasteiger partial charge >= 0.3 is 6.03 Å². The molecule has 2 saturated heterocycles. The predicted octanol–water partition coefficient (Wildman–Crippen LogP) is 4.39. The summed E-state index contributed by atoms with van der Waals surface area (Å²) < 4.78 is 20.2. The minimum Gasteiger partial charge on any atom is -0.431 e. The fraction of sp³-hybridized carbons (Fsp3) is 0.417. The average Bonchev–Trinajstić information content (AvgIpc) is 3.57. The molecule has 2 aromatic carbocycles. The van der Waals surface area contributed by atoms with Crippen LogP contribution in [0.2, 0.25) is 0 Å². The fourth-order valence-electron chi connectivity index (χ4n) is 6.77.